The van der Waals surface area contributed by atoms with Crippen LogP contribution in [-0.4, -0.2) is 30.6 Å². The second-order valence-corrected chi connectivity index (χ2v) is 5.29. The molecule has 0 amide bonds. The van der Waals surface area contributed by atoms with Gasteiger partial charge in [-0.1, -0.05) is 12.1 Å². The van der Waals surface area contributed by atoms with Crippen LogP contribution < -0.4 is 5.32 Å². The number of hydrogen-bond donors (Lipinski definition) is 1. The number of benzene rings is 1. The topological polar surface area (TPSA) is 15.3 Å². The van der Waals surface area contributed by atoms with Crippen molar-refractivity contribution in [2.75, 3.05) is 19.6 Å². The minimum absolute atomic E-state index is 0.128. The minimum atomic E-state index is -0.128. The van der Waals surface area contributed by atoms with E-state index in [1.807, 2.05) is 6.07 Å². The first-order valence-electron chi connectivity index (χ1n) is 6.51. The standard InChI is InChI=1S/C14H19FN2/c15-13-5-1-3-11(7-13)8-17-9-12-4-2-6-16-14(12)10-17/h1,3,5,7,12,14,16H,2,4,6,8-10H2. The van der Waals surface area contributed by atoms with Crippen LogP contribution >= 0.6 is 0 Å². The van der Waals surface area contributed by atoms with E-state index in [0.717, 1.165) is 37.7 Å². The maximum atomic E-state index is 13.1. The molecule has 2 saturated heterocycles. The average molecular weight is 234 g/mol. The number of likely N-dealkylation sites (tertiary alicyclic amines) is 1. The predicted molar refractivity (Wildman–Crippen MR) is 66.2 cm³/mol. The van der Waals surface area contributed by atoms with Gasteiger partial charge >= 0.3 is 0 Å². The van der Waals surface area contributed by atoms with E-state index in [9.17, 15) is 4.39 Å². The number of hydrogen-bond acceptors (Lipinski definition) is 2. The Labute approximate surface area is 102 Å². The highest BCUT2D eigenvalue weighted by Crippen LogP contribution is 2.26. The first-order chi connectivity index (χ1) is 8.31. The Balaban J connectivity index is 1.63. The molecule has 17 heavy (non-hydrogen) atoms. The van der Waals surface area contributed by atoms with Crippen LogP contribution in [0.25, 0.3) is 0 Å². The van der Waals surface area contributed by atoms with Gasteiger partial charge in [-0.2, -0.15) is 0 Å². The van der Waals surface area contributed by atoms with Gasteiger partial charge in [-0.25, -0.2) is 4.39 Å². The lowest BCUT2D eigenvalue weighted by molar-refractivity contribution is 0.312. The van der Waals surface area contributed by atoms with Crippen LogP contribution in [0.2, 0.25) is 0 Å². The number of nitrogens with one attached hydrogen (secondary N) is 1. The summed E-state index contributed by atoms with van der Waals surface area (Å²) in [6, 6.07) is 7.63. The molecular weight excluding hydrogens is 215 g/mol. The summed E-state index contributed by atoms with van der Waals surface area (Å²) < 4.78 is 13.1. The van der Waals surface area contributed by atoms with Crippen LogP contribution in [0.15, 0.2) is 24.3 Å². The van der Waals surface area contributed by atoms with E-state index in [0.29, 0.717) is 6.04 Å². The van der Waals surface area contributed by atoms with Crippen LogP contribution in [0.5, 0.6) is 0 Å². The summed E-state index contributed by atoms with van der Waals surface area (Å²) >= 11 is 0. The van der Waals surface area contributed by atoms with Crippen molar-refractivity contribution in [3.05, 3.63) is 35.6 Å². The Morgan fingerprint density at radius 1 is 1.35 bits per heavy atom. The van der Waals surface area contributed by atoms with Crippen LogP contribution in [0.4, 0.5) is 4.39 Å². The van der Waals surface area contributed by atoms with Crippen LogP contribution in [-0.2, 0) is 6.54 Å². The Bertz CT molecular complexity index is 380. The Morgan fingerprint density at radius 3 is 3.12 bits per heavy atom. The van der Waals surface area contributed by atoms with E-state index in [1.165, 1.54) is 18.9 Å². The van der Waals surface area contributed by atoms with E-state index >= 15 is 0 Å². The molecule has 2 fully saturated rings. The number of piperidine rings is 1. The van der Waals surface area contributed by atoms with Gasteiger partial charge in [0.15, 0.2) is 0 Å². The van der Waals surface area contributed by atoms with Crippen molar-refractivity contribution in [1.82, 2.24) is 10.2 Å². The van der Waals surface area contributed by atoms with Gasteiger partial charge < -0.3 is 5.32 Å². The van der Waals surface area contributed by atoms with Crippen LogP contribution in [0.3, 0.4) is 0 Å². The molecule has 2 heterocycles. The fourth-order valence-electron chi connectivity index (χ4n) is 3.16. The average Bonchev–Trinajstić information content (AvgIpc) is 2.71. The molecule has 0 aliphatic carbocycles. The molecule has 0 saturated carbocycles. The second-order valence-electron chi connectivity index (χ2n) is 5.29. The molecule has 0 radical (unpaired) electrons. The summed E-state index contributed by atoms with van der Waals surface area (Å²) in [6.45, 7) is 4.32. The molecule has 3 rings (SSSR count). The first kappa shape index (κ1) is 11.2. The summed E-state index contributed by atoms with van der Waals surface area (Å²) in [5.74, 6) is 0.676. The summed E-state index contributed by atoms with van der Waals surface area (Å²) in [4.78, 5) is 2.45. The predicted octanol–water partition coefficient (Wildman–Crippen LogP) is 2.01. The molecule has 92 valence electrons. The SMILES string of the molecule is Fc1cccc(CN2CC3CCCNC3C2)c1. The molecule has 2 aliphatic heterocycles. The van der Waals surface area contributed by atoms with Crippen LogP contribution in [0.1, 0.15) is 18.4 Å². The summed E-state index contributed by atoms with van der Waals surface area (Å²) in [5, 5.41) is 3.59. The Hall–Kier alpha value is -0.930. The highest BCUT2D eigenvalue weighted by atomic mass is 19.1. The zero-order chi connectivity index (χ0) is 11.7. The molecule has 2 unspecified atom stereocenters. The van der Waals surface area contributed by atoms with E-state index in [4.69, 9.17) is 0 Å². The highest BCUT2D eigenvalue weighted by Gasteiger charge is 2.33. The zero-order valence-electron chi connectivity index (χ0n) is 10.0. The second kappa shape index (κ2) is 4.75. The maximum absolute atomic E-state index is 13.1. The van der Waals surface area contributed by atoms with Crippen molar-refractivity contribution in [3.63, 3.8) is 0 Å². The van der Waals surface area contributed by atoms with Gasteiger partial charge in [-0.15, -0.1) is 0 Å². The lowest BCUT2D eigenvalue weighted by Gasteiger charge is -2.24. The van der Waals surface area contributed by atoms with E-state index in [2.05, 4.69) is 10.2 Å². The Morgan fingerprint density at radius 2 is 2.29 bits per heavy atom. The third kappa shape index (κ3) is 2.50. The van der Waals surface area contributed by atoms with Crippen LogP contribution in [0, 0.1) is 11.7 Å². The van der Waals surface area contributed by atoms with Gasteiger partial charge in [0.2, 0.25) is 0 Å². The van der Waals surface area contributed by atoms with Gasteiger partial charge in [0.05, 0.1) is 0 Å². The van der Waals surface area contributed by atoms with Gasteiger partial charge in [-0.3, -0.25) is 4.90 Å². The quantitative estimate of drug-likeness (QED) is 0.842. The molecule has 1 aromatic rings. The molecular formula is C14H19FN2. The lowest BCUT2D eigenvalue weighted by Crippen LogP contribution is -2.40. The molecule has 0 bridgehead atoms. The minimum Gasteiger partial charge on any atom is -0.312 e. The number of nitrogens with zero attached hydrogens (tertiary/aromatic N) is 1. The van der Waals surface area contributed by atoms with Gasteiger partial charge in [-0.05, 0) is 43.0 Å². The van der Waals surface area contributed by atoms with Crippen molar-refractivity contribution in [3.8, 4) is 0 Å². The summed E-state index contributed by atoms with van der Waals surface area (Å²) in [5.41, 5.74) is 1.09. The molecule has 1 aromatic carbocycles. The number of fused-ring (bicyclic) bond motifs is 1. The molecule has 3 heteroatoms. The number of halogens is 1. The van der Waals surface area contributed by atoms with Crippen molar-refractivity contribution < 1.29 is 4.39 Å². The fourth-order valence-corrected chi connectivity index (χ4v) is 3.16. The van der Waals surface area contributed by atoms with Crippen molar-refractivity contribution >= 4 is 0 Å². The van der Waals surface area contributed by atoms with Gasteiger partial charge in [0, 0.05) is 25.7 Å². The lowest BCUT2D eigenvalue weighted by atomic mass is 9.94. The van der Waals surface area contributed by atoms with Gasteiger partial charge in [0.25, 0.3) is 0 Å². The zero-order valence-corrected chi connectivity index (χ0v) is 10.0. The van der Waals surface area contributed by atoms with E-state index in [-0.39, 0.29) is 5.82 Å². The first-order valence-corrected chi connectivity index (χ1v) is 6.51. The summed E-state index contributed by atoms with van der Waals surface area (Å²) in [7, 11) is 0. The fraction of sp³-hybridized carbons (Fsp3) is 0.571. The van der Waals surface area contributed by atoms with E-state index < -0.39 is 0 Å². The highest BCUT2D eigenvalue weighted by molar-refractivity contribution is 5.16. The monoisotopic (exact) mass is 234 g/mol. The third-order valence-electron chi connectivity index (χ3n) is 3.97. The molecule has 1 N–H and O–H groups in total. The Kier molecular flexibility index (Phi) is 3.12. The van der Waals surface area contributed by atoms with Gasteiger partial charge in [0.1, 0.15) is 5.82 Å². The van der Waals surface area contributed by atoms with E-state index in [1.54, 1.807) is 12.1 Å². The number of rotatable bonds is 2. The maximum Gasteiger partial charge on any atom is 0.123 e. The molecule has 0 aromatic heterocycles. The van der Waals surface area contributed by atoms with Crippen molar-refractivity contribution in [2.24, 2.45) is 5.92 Å². The summed E-state index contributed by atoms with van der Waals surface area (Å²) in [6.07, 6.45) is 2.65. The van der Waals surface area contributed by atoms with Crippen molar-refractivity contribution in [2.45, 2.75) is 25.4 Å². The smallest absolute Gasteiger partial charge is 0.123 e. The third-order valence-corrected chi connectivity index (χ3v) is 3.97. The molecule has 2 aliphatic rings. The molecule has 0 spiro atoms. The van der Waals surface area contributed by atoms with Crippen molar-refractivity contribution in [1.29, 1.82) is 0 Å². The largest absolute Gasteiger partial charge is 0.312 e. The molecule has 2 nitrogen and oxygen atoms in total. The molecule has 2 atom stereocenters. The normalized spacial score (nSPS) is 29.2.